The lowest BCUT2D eigenvalue weighted by Crippen LogP contribution is -2.34. The molecule has 1 amide bonds. The fourth-order valence-corrected chi connectivity index (χ4v) is 1.51. The highest BCUT2D eigenvalue weighted by Crippen LogP contribution is 2.30. The highest BCUT2D eigenvalue weighted by Gasteiger charge is 2.17. The smallest absolute Gasteiger partial charge is 0.228 e. The molecule has 1 aromatic carbocycles. The molecule has 0 aliphatic carbocycles. The van der Waals surface area contributed by atoms with Gasteiger partial charge in [0.25, 0.3) is 0 Å². The molecule has 0 aliphatic heterocycles. The average Bonchev–Trinajstić information content (AvgIpc) is 2.39. The Morgan fingerprint density at radius 1 is 1.37 bits per heavy atom. The van der Waals surface area contributed by atoms with Crippen molar-refractivity contribution in [1.82, 2.24) is 0 Å². The molecule has 0 radical (unpaired) electrons. The van der Waals surface area contributed by atoms with E-state index in [4.69, 9.17) is 15.2 Å². The predicted molar refractivity (Wildman–Crippen MR) is 75.6 cm³/mol. The summed E-state index contributed by atoms with van der Waals surface area (Å²) >= 11 is 0. The summed E-state index contributed by atoms with van der Waals surface area (Å²) in [6.45, 7) is 6.07. The monoisotopic (exact) mass is 266 g/mol. The third-order valence-electron chi connectivity index (χ3n) is 2.93. The van der Waals surface area contributed by atoms with E-state index in [2.05, 4.69) is 5.32 Å². The molecule has 0 heterocycles. The summed E-state index contributed by atoms with van der Waals surface area (Å²) < 4.78 is 10.6. The van der Waals surface area contributed by atoms with E-state index in [-0.39, 0.29) is 17.9 Å². The van der Waals surface area contributed by atoms with Crippen LogP contribution in [0.15, 0.2) is 18.2 Å². The van der Waals surface area contributed by atoms with Gasteiger partial charge in [-0.15, -0.1) is 0 Å². The molecule has 5 heteroatoms. The van der Waals surface area contributed by atoms with Gasteiger partial charge in [0.2, 0.25) is 5.91 Å². The minimum absolute atomic E-state index is 0.110. The summed E-state index contributed by atoms with van der Waals surface area (Å²) in [7, 11) is 1.56. The molecule has 0 spiro atoms. The van der Waals surface area contributed by atoms with Crippen molar-refractivity contribution < 1.29 is 14.3 Å². The molecule has 0 saturated heterocycles. The number of methoxy groups -OCH3 is 1. The Morgan fingerprint density at radius 3 is 2.58 bits per heavy atom. The molecule has 1 aromatic rings. The summed E-state index contributed by atoms with van der Waals surface area (Å²) in [5.41, 5.74) is 6.37. The van der Waals surface area contributed by atoms with Crippen molar-refractivity contribution in [1.29, 1.82) is 0 Å². The quantitative estimate of drug-likeness (QED) is 0.826. The van der Waals surface area contributed by atoms with Crippen LogP contribution in [0, 0.1) is 5.92 Å². The zero-order chi connectivity index (χ0) is 14.4. The van der Waals surface area contributed by atoms with Gasteiger partial charge in [-0.05, 0) is 26.0 Å². The average molecular weight is 266 g/mol. The van der Waals surface area contributed by atoms with Gasteiger partial charge in [-0.25, -0.2) is 0 Å². The van der Waals surface area contributed by atoms with Crippen LogP contribution in [0.3, 0.4) is 0 Å². The first-order valence-corrected chi connectivity index (χ1v) is 6.36. The Kier molecular flexibility index (Phi) is 5.63. The second-order valence-corrected chi connectivity index (χ2v) is 4.44. The van der Waals surface area contributed by atoms with Crippen molar-refractivity contribution in [3.05, 3.63) is 18.2 Å². The number of nitrogens with two attached hydrogens (primary N) is 1. The molecule has 1 rings (SSSR count). The number of amides is 1. The van der Waals surface area contributed by atoms with Crippen molar-refractivity contribution in [3.8, 4) is 11.5 Å². The second kappa shape index (κ2) is 6.99. The lowest BCUT2D eigenvalue weighted by atomic mass is 10.0. The highest BCUT2D eigenvalue weighted by atomic mass is 16.5. The maximum absolute atomic E-state index is 11.9. The number of carbonyl (C=O) groups excluding carboxylic acids is 1. The largest absolute Gasteiger partial charge is 0.493 e. The molecular formula is C14H22N2O3. The van der Waals surface area contributed by atoms with Crippen LogP contribution in [0.5, 0.6) is 11.5 Å². The third kappa shape index (κ3) is 4.13. The van der Waals surface area contributed by atoms with Crippen molar-refractivity contribution in [2.75, 3.05) is 19.0 Å². The van der Waals surface area contributed by atoms with E-state index in [1.165, 1.54) is 0 Å². The van der Waals surface area contributed by atoms with Crippen LogP contribution in [0.4, 0.5) is 5.69 Å². The van der Waals surface area contributed by atoms with Crippen LogP contribution in [0.25, 0.3) is 0 Å². The summed E-state index contributed by atoms with van der Waals surface area (Å²) in [6.07, 6.45) is 0. The SMILES string of the molecule is CCOc1ccc(NC(=O)C(C)C(C)N)cc1OC. The van der Waals surface area contributed by atoms with Crippen LogP contribution >= 0.6 is 0 Å². The van der Waals surface area contributed by atoms with Gasteiger partial charge in [-0.2, -0.15) is 0 Å². The van der Waals surface area contributed by atoms with Crippen molar-refractivity contribution in [3.63, 3.8) is 0 Å². The van der Waals surface area contributed by atoms with Gasteiger partial charge in [0.1, 0.15) is 0 Å². The zero-order valence-electron chi connectivity index (χ0n) is 11.9. The maximum Gasteiger partial charge on any atom is 0.228 e. The molecular weight excluding hydrogens is 244 g/mol. The Hall–Kier alpha value is -1.75. The number of benzene rings is 1. The molecule has 3 N–H and O–H groups in total. The first-order valence-electron chi connectivity index (χ1n) is 6.36. The molecule has 2 atom stereocenters. The number of rotatable bonds is 6. The molecule has 106 valence electrons. The number of hydrogen-bond acceptors (Lipinski definition) is 4. The normalized spacial score (nSPS) is 13.5. The minimum Gasteiger partial charge on any atom is -0.493 e. The Bertz CT molecular complexity index is 433. The molecule has 0 aliphatic rings. The van der Waals surface area contributed by atoms with Crippen molar-refractivity contribution in [2.24, 2.45) is 11.7 Å². The molecule has 5 nitrogen and oxygen atoms in total. The maximum atomic E-state index is 11.9. The molecule has 2 unspecified atom stereocenters. The molecule has 0 saturated carbocycles. The molecule has 19 heavy (non-hydrogen) atoms. The second-order valence-electron chi connectivity index (χ2n) is 4.44. The van der Waals surface area contributed by atoms with Gasteiger partial charge in [0.05, 0.1) is 19.6 Å². The standard InChI is InChI=1S/C14H22N2O3/c1-5-19-12-7-6-11(8-13(12)18-4)16-14(17)9(2)10(3)15/h6-10H,5,15H2,1-4H3,(H,16,17). The summed E-state index contributed by atoms with van der Waals surface area (Å²) in [4.78, 5) is 11.9. The van der Waals surface area contributed by atoms with Gasteiger partial charge in [-0.3, -0.25) is 4.79 Å². The minimum atomic E-state index is -0.252. The topological polar surface area (TPSA) is 73.6 Å². The van der Waals surface area contributed by atoms with Crippen LogP contribution in [0.2, 0.25) is 0 Å². The summed E-state index contributed by atoms with van der Waals surface area (Å²) in [5, 5.41) is 2.81. The van der Waals surface area contributed by atoms with E-state index in [1.54, 1.807) is 32.2 Å². The van der Waals surface area contributed by atoms with Crippen LogP contribution in [-0.4, -0.2) is 25.7 Å². The first-order chi connectivity index (χ1) is 8.99. The molecule has 0 aromatic heterocycles. The van der Waals surface area contributed by atoms with E-state index < -0.39 is 0 Å². The predicted octanol–water partition coefficient (Wildman–Crippen LogP) is 2.02. The number of carbonyl (C=O) groups is 1. The Morgan fingerprint density at radius 2 is 2.05 bits per heavy atom. The summed E-state index contributed by atoms with van der Waals surface area (Å²) in [5.74, 6) is 0.884. The van der Waals surface area contributed by atoms with E-state index in [0.717, 1.165) is 0 Å². The van der Waals surface area contributed by atoms with Crippen molar-refractivity contribution >= 4 is 11.6 Å². The lowest BCUT2D eigenvalue weighted by molar-refractivity contribution is -0.119. The fourth-order valence-electron chi connectivity index (χ4n) is 1.51. The molecule has 0 bridgehead atoms. The number of ether oxygens (including phenoxy) is 2. The van der Waals surface area contributed by atoms with E-state index >= 15 is 0 Å². The van der Waals surface area contributed by atoms with Gasteiger partial charge in [0, 0.05) is 17.8 Å². The van der Waals surface area contributed by atoms with E-state index in [0.29, 0.717) is 23.8 Å². The Labute approximate surface area is 114 Å². The van der Waals surface area contributed by atoms with Crippen molar-refractivity contribution in [2.45, 2.75) is 26.8 Å². The van der Waals surface area contributed by atoms with Crippen LogP contribution in [0.1, 0.15) is 20.8 Å². The van der Waals surface area contributed by atoms with E-state index in [9.17, 15) is 4.79 Å². The van der Waals surface area contributed by atoms with Gasteiger partial charge < -0.3 is 20.5 Å². The number of nitrogens with one attached hydrogen (secondary N) is 1. The van der Waals surface area contributed by atoms with Gasteiger partial charge >= 0.3 is 0 Å². The lowest BCUT2D eigenvalue weighted by Gasteiger charge is -2.16. The molecule has 0 fully saturated rings. The van der Waals surface area contributed by atoms with Gasteiger partial charge in [-0.1, -0.05) is 6.92 Å². The third-order valence-corrected chi connectivity index (χ3v) is 2.93. The first kappa shape index (κ1) is 15.3. The van der Waals surface area contributed by atoms with Gasteiger partial charge in [0.15, 0.2) is 11.5 Å². The number of anilines is 1. The fraction of sp³-hybridized carbons (Fsp3) is 0.500. The Balaban J connectivity index is 2.82. The van der Waals surface area contributed by atoms with Crippen LogP contribution < -0.4 is 20.5 Å². The summed E-state index contributed by atoms with van der Waals surface area (Å²) in [6, 6.07) is 5.09. The number of hydrogen-bond donors (Lipinski definition) is 2. The highest BCUT2D eigenvalue weighted by molar-refractivity contribution is 5.93. The van der Waals surface area contributed by atoms with E-state index in [1.807, 2.05) is 13.8 Å². The zero-order valence-corrected chi connectivity index (χ0v) is 11.9. The van der Waals surface area contributed by atoms with Crippen LogP contribution in [-0.2, 0) is 4.79 Å².